The molecule has 3 N–H and O–H groups in total. The molecule has 0 aromatic heterocycles. The van der Waals surface area contributed by atoms with Crippen LogP contribution in [0.4, 0.5) is 0 Å². The molecule has 1 heterocycles. The molecule has 12 heavy (non-hydrogen) atoms. The molecular formula is C8H16N2O2. The molecule has 0 bridgehead atoms. The lowest BCUT2D eigenvalue weighted by Gasteiger charge is -2.14. The zero-order chi connectivity index (χ0) is 8.97. The molecule has 1 atom stereocenters. The maximum atomic E-state index is 11.2. The Kier molecular flexibility index (Phi) is 3.49. The first-order valence-corrected chi connectivity index (χ1v) is 4.36. The van der Waals surface area contributed by atoms with Crippen LogP contribution >= 0.6 is 0 Å². The number of likely N-dealkylation sites (tertiary alicyclic amines) is 1. The Morgan fingerprint density at radius 1 is 1.67 bits per heavy atom. The standard InChI is InChI=1S/C8H16N2O2/c9-5-7-4-8(12)10(6-7)2-1-3-11/h7,11H,1-6,9H2. The minimum Gasteiger partial charge on any atom is -0.396 e. The highest BCUT2D eigenvalue weighted by atomic mass is 16.3. The molecule has 1 saturated heterocycles. The van der Waals surface area contributed by atoms with Crippen LogP contribution in [0.25, 0.3) is 0 Å². The van der Waals surface area contributed by atoms with Gasteiger partial charge in [-0.15, -0.1) is 0 Å². The number of hydrogen-bond donors (Lipinski definition) is 2. The fourth-order valence-electron chi connectivity index (χ4n) is 1.49. The molecule has 0 radical (unpaired) electrons. The summed E-state index contributed by atoms with van der Waals surface area (Å²) in [5, 5.41) is 8.57. The third-order valence-corrected chi connectivity index (χ3v) is 2.21. The number of aliphatic hydroxyl groups is 1. The zero-order valence-corrected chi connectivity index (χ0v) is 7.20. The average Bonchev–Trinajstić information content (AvgIpc) is 2.43. The molecule has 1 amide bonds. The van der Waals surface area contributed by atoms with Crippen molar-refractivity contribution in [3.63, 3.8) is 0 Å². The molecule has 4 heteroatoms. The Morgan fingerprint density at radius 2 is 2.42 bits per heavy atom. The van der Waals surface area contributed by atoms with Gasteiger partial charge in [-0.1, -0.05) is 0 Å². The van der Waals surface area contributed by atoms with Crippen molar-refractivity contribution in [1.82, 2.24) is 4.90 Å². The van der Waals surface area contributed by atoms with Gasteiger partial charge in [0, 0.05) is 26.1 Å². The second kappa shape index (κ2) is 4.42. The first-order valence-electron chi connectivity index (χ1n) is 4.36. The molecule has 0 saturated carbocycles. The van der Waals surface area contributed by atoms with Gasteiger partial charge in [-0.25, -0.2) is 0 Å². The monoisotopic (exact) mass is 172 g/mol. The molecule has 4 nitrogen and oxygen atoms in total. The Morgan fingerprint density at radius 3 is 2.92 bits per heavy atom. The molecule has 0 aliphatic carbocycles. The van der Waals surface area contributed by atoms with Gasteiger partial charge in [-0.2, -0.15) is 0 Å². The third-order valence-electron chi connectivity index (χ3n) is 2.21. The summed E-state index contributed by atoms with van der Waals surface area (Å²) in [4.78, 5) is 13.0. The van der Waals surface area contributed by atoms with Crippen LogP contribution in [0.2, 0.25) is 0 Å². The maximum Gasteiger partial charge on any atom is 0.222 e. The van der Waals surface area contributed by atoms with E-state index in [2.05, 4.69) is 0 Å². The van der Waals surface area contributed by atoms with E-state index in [1.807, 2.05) is 0 Å². The van der Waals surface area contributed by atoms with Gasteiger partial charge >= 0.3 is 0 Å². The Labute approximate surface area is 72.3 Å². The summed E-state index contributed by atoms with van der Waals surface area (Å²) in [5.41, 5.74) is 5.46. The predicted octanol–water partition coefficient (Wildman–Crippen LogP) is -0.824. The summed E-state index contributed by atoms with van der Waals surface area (Å²) in [5.74, 6) is 0.509. The predicted molar refractivity (Wildman–Crippen MR) is 45.4 cm³/mol. The van der Waals surface area contributed by atoms with E-state index in [9.17, 15) is 4.79 Å². The highest BCUT2D eigenvalue weighted by Gasteiger charge is 2.27. The highest BCUT2D eigenvalue weighted by molar-refractivity contribution is 5.78. The minimum atomic E-state index is 0.150. The molecule has 0 spiro atoms. The molecular weight excluding hydrogens is 156 g/mol. The fraction of sp³-hybridized carbons (Fsp3) is 0.875. The van der Waals surface area contributed by atoms with Crippen molar-refractivity contribution in [3.05, 3.63) is 0 Å². The summed E-state index contributed by atoms with van der Waals surface area (Å²) < 4.78 is 0. The van der Waals surface area contributed by atoms with Crippen molar-refractivity contribution in [2.45, 2.75) is 12.8 Å². The summed E-state index contributed by atoms with van der Waals surface area (Å²) in [7, 11) is 0. The van der Waals surface area contributed by atoms with E-state index in [1.165, 1.54) is 0 Å². The third kappa shape index (κ3) is 2.19. The number of carbonyl (C=O) groups is 1. The van der Waals surface area contributed by atoms with Crippen molar-refractivity contribution in [2.75, 3.05) is 26.2 Å². The molecule has 70 valence electrons. The van der Waals surface area contributed by atoms with Crippen molar-refractivity contribution in [2.24, 2.45) is 11.7 Å². The van der Waals surface area contributed by atoms with Crippen molar-refractivity contribution in [3.8, 4) is 0 Å². The normalized spacial score (nSPS) is 23.7. The first kappa shape index (κ1) is 9.48. The van der Waals surface area contributed by atoms with E-state index in [1.54, 1.807) is 4.90 Å². The number of amides is 1. The quantitative estimate of drug-likeness (QED) is 0.582. The number of rotatable bonds is 4. The van der Waals surface area contributed by atoms with Crippen molar-refractivity contribution in [1.29, 1.82) is 0 Å². The van der Waals surface area contributed by atoms with Gasteiger partial charge in [-0.3, -0.25) is 4.79 Å². The molecule has 1 aliphatic heterocycles. The average molecular weight is 172 g/mol. The number of hydrogen-bond acceptors (Lipinski definition) is 3. The van der Waals surface area contributed by atoms with Crippen LogP contribution in [-0.4, -0.2) is 42.2 Å². The number of nitrogens with zero attached hydrogens (tertiary/aromatic N) is 1. The lowest BCUT2D eigenvalue weighted by atomic mass is 10.1. The molecule has 0 aromatic rings. The lowest BCUT2D eigenvalue weighted by Crippen LogP contribution is -2.27. The van der Waals surface area contributed by atoms with Crippen molar-refractivity contribution >= 4 is 5.91 Å². The molecule has 1 fully saturated rings. The van der Waals surface area contributed by atoms with Crippen LogP contribution in [-0.2, 0) is 4.79 Å². The van der Waals surface area contributed by atoms with Gasteiger partial charge in [0.15, 0.2) is 0 Å². The van der Waals surface area contributed by atoms with Crippen LogP contribution in [0.3, 0.4) is 0 Å². The summed E-state index contributed by atoms with van der Waals surface area (Å²) in [6, 6.07) is 0. The van der Waals surface area contributed by atoms with Crippen LogP contribution in [0, 0.1) is 5.92 Å². The molecule has 1 aliphatic rings. The Balaban J connectivity index is 2.31. The Hall–Kier alpha value is -0.610. The van der Waals surface area contributed by atoms with Crippen LogP contribution < -0.4 is 5.73 Å². The maximum absolute atomic E-state index is 11.2. The molecule has 1 rings (SSSR count). The van der Waals surface area contributed by atoms with E-state index >= 15 is 0 Å². The highest BCUT2D eigenvalue weighted by Crippen LogP contribution is 2.16. The molecule has 0 aromatic carbocycles. The van der Waals surface area contributed by atoms with Gasteiger partial charge < -0.3 is 15.7 Å². The van der Waals surface area contributed by atoms with Gasteiger partial charge in [0.25, 0.3) is 0 Å². The topological polar surface area (TPSA) is 66.6 Å². The van der Waals surface area contributed by atoms with Crippen LogP contribution in [0.15, 0.2) is 0 Å². The number of carbonyl (C=O) groups excluding carboxylic acids is 1. The van der Waals surface area contributed by atoms with E-state index in [0.717, 1.165) is 6.54 Å². The fourth-order valence-corrected chi connectivity index (χ4v) is 1.49. The number of aliphatic hydroxyl groups excluding tert-OH is 1. The molecule has 1 unspecified atom stereocenters. The van der Waals surface area contributed by atoms with Crippen LogP contribution in [0.1, 0.15) is 12.8 Å². The zero-order valence-electron chi connectivity index (χ0n) is 7.20. The van der Waals surface area contributed by atoms with Gasteiger partial charge in [0.1, 0.15) is 0 Å². The summed E-state index contributed by atoms with van der Waals surface area (Å²) >= 11 is 0. The van der Waals surface area contributed by atoms with Gasteiger partial charge in [-0.05, 0) is 18.9 Å². The van der Waals surface area contributed by atoms with Gasteiger partial charge in [0.05, 0.1) is 0 Å². The van der Waals surface area contributed by atoms with Crippen molar-refractivity contribution < 1.29 is 9.90 Å². The smallest absolute Gasteiger partial charge is 0.222 e. The van der Waals surface area contributed by atoms with E-state index in [-0.39, 0.29) is 12.5 Å². The second-order valence-electron chi connectivity index (χ2n) is 3.22. The first-order chi connectivity index (χ1) is 5.77. The number of nitrogens with two attached hydrogens (primary N) is 1. The summed E-state index contributed by atoms with van der Waals surface area (Å²) in [6.45, 7) is 2.18. The minimum absolute atomic E-state index is 0.150. The summed E-state index contributed by atoms with van der Waals surface area (Å²) in [6.07, 6.45) is 1.25. The van der Waals surface area contributed by atoms with E-state index < -0.39 is 0 Å². The second-order valence-corrected chi connectivity index (χ2v) is 3.22. The largest absolute Gasteiger partial charge is 0.396 e. The lowest BCUT2D eigenvalue weighted by molar-refractivity contribution is -0.127. The van der Waals surface area contributed by atoms with Gasteiger partial charge in [0.2, 0.25) is 5.91 Å². The van der Waals surface area contributed by atoms with Crippen LogP contribution in [0.5, 0.6) is 0 Å². The SMILES string of the molecule is NCC1CC(=O)N(CCCO)C1. The Bertz CT molecular complexity index is 161. The van der Waals surface area contributed by atoms with E-state index in [4.69, 9.17) is 10.8 Å². The van der Waals surface area contributed by atoms with E-state index in [0.29, 0.717) is 31.8 Å².